The molecule has 1 aromatic carbocycles. The largest absolute Gasteiger partial charge is 0.466 e. The van der Waals surface area contributed by atoms with E-state index in [0.717, 1.165) is 19.5 Å². The lowest BCUT2D eigenvalue weighted by molar-refractivity contribution is -0.147. The molecule has 3 heteroatoms. The molecule has 2 rings (SSSR count). The number of esters is 1. The molecule has 0 N–H and O–H groups in total. The molecular formula is C15H21NO2. The number of anilines is 1. The van der Waals surface area contributed by atoms with Gasteiger partial charge in [-0.1, -0.05) is 6.07 Å². The normalized spacial score (nSPS) is 19.1. The number of carbonyl (C=O) groups excluding carboxylic acids is 1. The molecule has 0 saturated carbocycles. The molecule has 0 radical (unpaired) electrons. The summed E-state index contributed by atoms with van der Waals surface area (Å²) in [6.07, 6.45) is 0.895. The van der Waals surface area contributed by atoms with Gasteiger partial charge >= 0.3 is 5.97 Å². The van der Waals surface area contributed by atoms with Crippen molar-refractivity contribution in [3.63, 3.8) is 0 Å². The van der Waals surface area contributed by atoms with Crippen molar-refractivity contribution in [1.82, 2.24) is 0 Å². The highest BCUT2D eigenvalue weighted by atomic mass is 16.5. The Labute approximate surface area is 109 Å². The van der Waals surface area contributed by atoms with E-state index in [4.69, 9.17) is 4.74 Å². The highest BCUT2D eigenvalue weighted by Gasteiger charge is 2.29. The van der Waals surface area contributed by atoms with Crippen LogP contribution in [0.1, 0.15) is 24.5 Å². The second kappa shape index (κ2) is 5.42. The Balaban J connectivity index is 2.06. The van der Waals surface area contributed by atoms with Gasteiger partial charge in [0.2, 0.25) is 0 Å². The number of nitrogens with zero attached hydrogens (tertiary/aromatic N) is 1. The molecule has 0 amide bonds. The zero-order chi connectivity index (χ0) is 13.1. The van der Waals surface area contributed by atoms with Gasteiger partial charge in [0.25, 0.3) is 0 Å². The van der Waals surface area contributed by atoms with Crippen LogP contribution in [0.5, 0.6) is 0 Å². The predicted molar refractivity (Wildman–Crippen MR) is 72.9 cm³/mol. The summed E-state index contributed by atoms with van der Waals surface area (Å²) >= 11 is 0. The van der Waals surface area contributed by atoms with Crippen LogP contribution in [0.3, 0.4) is 0 Å². The molecule has 0 bridgehead atoms. The molecule has 1 heterocycles. The Kier molecular flexibility index (Phi) is 3.90. The second-order valence-electron chi connectivity index (χ2n) is 5.03. The van der Waals surface area contributed by atoms with E-state index in [9.17, 15) is 4.79 Å². The van der Waals surface area contributed by atoms with E-state index in [-0.39, 0.29) is 11.9 Å². The smallest absolute Gasteiger partial charge is 0.310 e. The third-order valence-electron chi connectivity index (χ3n) is 3.38. The number of benzene rings is 1. The Bertz CT molecular complexity index is 422. The van der Waals surface area contributed by atoms with Gasteiger partial charge in [-0.15, -0.1) is 0 Å². The maximum Gasteiger partial charge on any atom is 0.310 e. The third kappa shape index (κ3) is 2.84. The first-order valence-corrected chi connectivity index (χ1v) is 6.60. The Morgan fingerprint density at radius 3 is 2.61 bits per heavy atom. The lowest BCUT2D eigenvalue weighted by atomic mass is 10.1. The average Bonchev–Trinajstić information content (AvgIpc) is 2.77. The minimum Gasteiger partial charge on any atom is -0.466 e. The maximum atomic E-state index is 11.7. The number of ether oxygens (including phenoxy) is 1. The molecule has 1 aromatic rings. The number of aryl methyl sites for hydroxylation is 2. The highest BCUT2D eigenvalue weighted by molar-refractivity contribution is 5.74. The molecule has 0 aliphatic carbocycles. The van der Waals surface area contributed by atoms with Gasteiger partial charge in [-0.3, -0.25) is 4.79 Å². The van der Waals surface area contributed by atoms with Crippen molar-refractivity contribution < 1.29 is 9.53 Å². The summed E-state index contributed by atoms with van der Waals surface area (Å²) < 4.78 is 5.09. The first-order chi connectivity index (χ1) is 8.60. The summed E-state index contributed by atoms with van der Waals surface area (Å²) in [7, 11) is 0. The minimum atomic E-state index is -0.0515. The fraction of sp³-hybridized carbons (Fsp3) is 0.533. The fourth-order valence-electron chi connectivity index (χ4n) is 2.58. The molecule has 3 nitrogen and oxygen atoms in total. The van der Waals surface area contributed by atoms with Crippen molar-refractivity contribution in [2.75, 3.05) is 24.6 Å². The number of carbonyl (C=O) groups is 1. The molecule has 1 unspecified atom stereocenters. The Hall–Kier alpha value is -1.51. The fourth-order valence-corrected chi connectivity index (χ4v) is 2.58. The van der Waals surface area contributed by atoms with Gasteiger partial charge in [-0.05, 0) is 50.5 Å². The molecular weight excluding hydrogens is 226 g/mol. The summed E-state index contributed by atoms with van der Waals surface area (Å²) in [6, 6.07) is 6.53. The molecule has 1 aliphatic heterocycles. The maximum absolute atomic E-state index is 11.7. The molecule has 1 aliphatic rings. The van der Waals surface area contributed by atoms with Crippen LogP contribution < -0.4 is 4.90 Å². The van der Waals surface area contributed by atoms with Gasteiger partial charge in [0, 0.05) is 18.8 Å². The van der Waals surface area contributed by atoms with E-state index in [1.165, 1.54) is 16.8 Å². The van der Waals surface area contributed by atoms with E-state index in [0.29, 0.717) is 6.61 Å². The summed E-state index contributed by atoms with van der Waals surface area (Å²) in [5, 5.41) is 0. The van der Waals surface area contributed by atoms with Crippen LogP contribution in [-0.2, 0) is 9.53 Å². The number of rotatable bonds is 3. The number of hydrogen-bond acceptors (Lipinski definition) is 3. The molecule has 1 fully saturated rings. The van der Waals surface area contributed by atoms with Gasteiger partial charge in [0.05, 0.1) is 12.5 Å². The van der Waals surface area contributed by atoms with Crippen LogP contribution in [0.25, 0.3) is 0 Å². The highest BCUT2D eigenvalue weighted by Crippen LogP contribution is 2.26. The van der Waals surface area contributed by atoms with Gasteiger partial charge in [0.15, 0.2) is 0 Å². The zero-order valence-electron chi connectivity index (χ0n) is 11.4. The average molecular weight is 247 g/mol. The van der Waals surface area contributed by atoms with Gasteiger partial charge in [-0.2, -0.15) is 0 Å². The van der Waals surface area contributed by atoms with E-state index in [1.54, 1.807) is 0 Å². The third-order valence-corrected chi connectivity index (χ3v) is 3.38. The summed E-state index contributed by atoms with van der Waals surface area (Å²) in [5.41, 5.74) is 3.76. The van der Waals surface area contributed by atoms with Crippen molar-refractivity contribution in [3.05, 3.63) is 29.3 Å². The van der Waals surface area contributed by atoms with Crippen molar-refractivity contribution in [2.45, 2.75) is 27.2 Å². The SMILES string of the molecule is CCOC(=O)C1CCN(c2cc(C)cc(C)c2)C1. The molecule has 18 heavy (non-hydrogen) atoms. The Morgan fingerprint density at radius 2 is 2.00 bits per heavy atom. The topological polar surface area (TPSA) is 29.5 Å². The monoisotopic (exact) mass is 247 g/mol. The Morgan fingerprint density at radius 1 is 1.33 bits per heavy atom. The standard InChI is InChI=1S/C15H21NO2/c1-4-18-15(17)13-5-6-16(10-13)14-8-11(2)7-12(3)9-14/h7-9,13H,4-6,10H2,1-3H3. The summed E-state index contributed by atoms with van der Waals surface area (Å²) in [5.74, 6) is -0.0184. The van der Waals surface area contributed by atoms with E-state index < -0.39 is 0 Å². The first kappa shape index (κ1) is 12.9. The van der Waals surface area contributed by atoms with Crippen molar-refractivity contribution >= 4 is 11.7 Å². The van der Waals surface area contributed by atoms with Crippen LogP contribution in [0.4, 0.5) is 5.69 Å². The van der Waals surface area contributed by atoms with Gasteiger partial charge in [-0.25, -0.2) is 0 Å². The molecule has 1 saturated heterocycles. The summed E-state index contributed by atoms with van der Waals surface area (Å²) in [6.45, 7) is 8.26. The van der Waals surface area contributed by atoms with Crippen LogP contribution in [0, 0.1) is 19.8 Å². The lowest BCUT2D eigenvalue weighted by Gasteiger charge is -2.19. The first-order valence-electron chi connectivity index (χ1n) is 6.60. The van der Waals surface area contributed by atoms with Gasteiger partial charge in [0.1, 0.15) is 0 Å². The predicted octanol–water partition coefficient (Wildman–Crippen LogP) is 2.69. The second-order valence-corrected chi connectivity index (χ2v) is 5.03. The van der Waals surface area contributed by atoms with Crippen LogP contribution in [0.2, 0.25) is 0 Å². The quantitative estimate of drug-likeness (QED) is 0.769. The molecule has 98 valence electrons. The molecule has 0 aromatic heterocycles. The van der Waals surface area contributed by atoms with E-state index in [2.05, 4.69) is 36.9 Å². The van der Waals surface area contributed by atoms with Gasteiger partial charge < -0.3 is 9.64 Å². The van der Waals surface area contributed by atoms with E-state index in [1.807, 2.05) is 6.92 Å². The number of hydrogen-bond donors (Lipinski definition) is 0. The van der Waals surface area contributed by atoms with Crippen LogP contribution >= 0.6 is 0 Å². The minimum absolute atomic E-state index is 0.0331. The lowest BCUT2D eigenvalue weighted by Crippen LogP contribution is -2.24. The van der Waals surface area contributed by atoms with Crippen molar-refractivity contribution in [1.29, 1.82) is 0 Å². The van der Waals surface area contributed by atoms with Crippen LogP contribution in [-0.4, -0.2) is 25.7 Å². The van der Waals surface area contributed by atoms with E-state index >= 15 is 0 Å². The molecule has 1 atom stereocenters. The van der Waals surface area contributed by atoms with Crippen molar-refractivity contribution in [3.8, 4) is 0 Å². The van der Waals surface area contributed by atoms with Crippen LogP contribution in [0.15, 0.2) is 18.2 Å². The van der Waals surface area contributed by atoms with Crippen molar-refractivity contribution in [2.24, 2.45) is 5.92 Å². The molecule has 0 spiro atoms. The zero-order valence-corrected chi connectivity index (χ0v) is 11.4. The summed E-state index contributed by atoms with van der Waals surface area (Å²) in [4.78, 5) is 14.0.